The number of hydrogen-bond acceptors (Lipinski definition) is 5. The van der Waals surface area contributed by atoms with Crippen molar-refractivity contribution in [3.63, 3.8) is 0 Å². The summed E-state index contributed by atoms with van der Waals surface area (Å²) in [5.41, 5.74) is 7.01. The van der Waals surface area contributed by atoms with E-state index in [9.17, 15) is 4.79 Å². The van der Waals surface area contributed by atoms with Gasteiger partial charge in [-0.15, -0.1) is 0 Å². The van der Waals surface area contributed by atoms with Crippen LogP contribution in [0.15, 0.2) is 30.3 Å². The molecule has 2 rings (SSSR count). The molecule has 0 aliphatic carbocycles. The van der Waals surface area contributed by atoms with Crippen molar-refractivity contribution in [3.8, 4) is 0 Å². The van der Waals surface area contributed by atoms with Crippen LogP contribution in [0.3, 0.4) is 0 Å². The van der Waals surface area contributed by atoms with Crippen LogP contribution in [0, 0.1) is 0 Å². The van der Waals surface area contributed by atoms with Crippen molar-refractivity contribution in [1.29, 1.82) is 0 Å². The highest BCUT2D eigenvalue weighted by molar-refractivity contribution is 6.40. The Balaban J connectivity index is 1.76. The summed E-state index contributed by atoms with van der Waals surface area (Å²) in [4.78, 5) is 14.8. The predicted octanol–water partition coefficient (Wildman–Crippen LogP) is 1.97. The molecule has 0 bridgehead atoms. The average Bonchev–Trinajstić information content (AvgIpc) is 2.64. The summed E-state index contributed by atoms with van der Waals surface area (Å²) in [6, 6.07) is 10.3. The summed E-state index contributed by atoms with van der Waals surface area (Å²) in [6.45, 7) is 4.55. The molecule has 1 aromatic rings. The average molecular weight is 360 g/mol. The molecule has 1 saturated heterocycles. The Labute approximate surface area is 157 Å². The second kappa shape index (κ2) is 10.2. The van der Waals surface area contributed by atoms with Crippen LogP contribution in [-0.2, 0) is 10.2 Å². The van der Waals surface area contributed by atoms with Crippen molar-refractivity contribution in [2.24, 2.45) is 5.73 Å². The van der Waals surface area contributed by atoms with E-state index in [0.717, 1.165) is 63.7 Å². The molecule has 1 aliphatic heterocycles. The number of rotatable bonds is 10. The molecule has 0 aromatic heterocycles. The molecular formula is C20H33BN2O3. The third kappa shape index (κ3) is 5.91. The fraction of sp³-hybridized carbons (Fsp3) is 0.650. The zero-order valence-electron chi connectivity index (χ0n) is 15.9. The molecule has 5 nitrogen and oxygen atoms in total. The maximum absolute atomic E-state index is 12.4. The monoisotopic (exact) mass is 360 g/mol. The third-order valence-corrected chi connectivity index (χ3v) is 5.81. The van der Waals surface area contributed by atoms with E-state index in [2.05, 4.69) is 17.0 Å². The van der Waals surface area contributed by atoms with Crippen LogP contribution < -0.4 is 5.73 Å². The Morgan fingerprint density at radius 3 is 2.42 bits per heavy atom. The highest BCUT2D eigenvalue weighted by Gasteiger charge is 2.40. The van der Waals surface area contributed by atoms with Gasteiger partial charge in [-0.1, -0.05) is 43.2 Å². The molecule has 1 aromatic carbocycles. The smallest absolute Gasteiger partial charge is 0.427 e. The van der Waals surface area contributed by atoms with Gasteiger partial charge in [-0.3, -0.25) is 4.79 Å². The molecule has 0 radical (unpaired) electrons. The number of nitrogens with two attached hydrogens (primary N) is 1. The van der Waals surface area contributed by atoms with Gasteiger partial charge >= 0.3 is 7.12 Å². The van der Waals surface area contributed by atoms with Crippen molar-refractivity contribution < 1.29 is 14.8 Å². The van der Waals surface area contributed by atoms with Crippen molar-refractivity contribution in [3.05, 3.63) is 35.9 Å². The number of carbonyl (C=O) groups excluding carboxylic acids is 1. The standard InChI is InChI=1S/C20H33BN2O3/c1-17(24)20(18-7-3-2-4-8-18)11-15-23(16-12-20)14-10-19(22)9-5-6-13-21(25)26/h2-4,7-8,19,25-26H,5-6,9-16,22H2,1H3. The number of nitrogens with zero attached hydrogens (tertiary/aromatic N) is 1. The van der Waals surface area contributed by atoms with E-state index in [1.807, 2.05) is 18.2 Å². The number of likely N-dealkylation sites (tertiary alicyclic amines) is 1. The largest absolute Gasteiger partial charge is 0.451 e. The number of unbranched alkanes of at least 4 members (excludes halogenated alkanes) is 1. The zero-order chi connectivity index (χ0) is 19.0. The van der Waals surface area contributed by atoms with Gasteiger partial charge in [0.2, 0.25) is 0 Å². The van der Waals surface area contributed by atoms with Gasteiger partial charge in [-0.2, -0.15) is 0 Å². The van der Waals surface area contributed by atoms with Gasteiger partial charge in [-0.05, 0) is 64.1 Å². The van der Waals surface area contributed by atoms with E-state index in [0.29, 0.717) is 6.32 Å². The molecule has 4 N–H and O–H groups in total. The van der Waals surface area contributed by atoms with Crippen LogP contribution in [0.4, 0.5) is 0 Å². The minimum atomic E-state index is -1.20. The fourth-order valence-electron chi connectivity index (χ4n) is 3.99. The minimum Gasteiger partial charge on any atom is -0.427 e. The highest BCUT2D eigenvalue weighted by Crippen LogP contribution is 2.36. The van der Waals surface area contributed by atoms with Crippen LogP contribution in [0.2, 0.25) is 6.32 Å². The van der Waals surface area contributed by atoms with E-state index in [1.54, 1.807) is 6.92 Å². The number of ketones is 1. The maximum atomic E-state index is 12.4. The molecule has 1 atom stereocenters. The van der Waals surface area contributed by atoms with Gasteiger partial charge in [0.25, 0.3) is 0 Å². The van der Waals surface area contributed by atoms with Crippen molar-refractivity contribution in [2.45, 2.75) is 63.2 Å². The van der Waals surface area contributed by atoms with Gasteiger partial charge in [0.15, 0.2) is 0 Å². The van der Waals surface area contributed by atoms with Gasteiger partial charge < -0.3 is 20.7 Å². The lowest BCUT2D eigenvalue weighted by Gasteiger charge is -2.41. The second-order valence-electron chi connectivity index (χ2n) is 7.66. The highest BCUT2D eigenvalue weighted by atomic mass is 16.4. The molecule has 144 valence electrons. The maximum Gasteiger partial charge on any atom is 0.451 e. The number of carbonyl (C=O) groups is 1. The summed E-state index contributed by atoms with van der Waals surface area (Å²) in [5.74, 6) is 0.270. The summed E-state index contributed by atoms with van der Waals surface area (Å²) >= 11 is 0. The molecule has 1 heterocycles. The topological polar surface area (TPSA) is 86.8 Å². The van der Waals surface area contributed by atoms with E-state index < -0.39 is 7.12 Å². The van der Waals surface area contributed by atoms with Crippen LogP contribution >= 0.6 is 0 Å². The third-order valence-electron chi connectivity index (χ3n) is 5.81. The van der Waals surface area contributed by atoms with Crippen molar-refractivity contribution in [1.82, 2.24) is 4.90 Å². The molecule has 6 heteroatoms. The number of Topliss-reactive ketones (excluding diaryl/α,β-unsaturated/α-hetero) is 1. The SMILES string of the molecule is CC(=O)C1(c2ccccc2)CCN(CCC(N)CCCCB(O)O)CC1. The van der Waals surface area contributed by atoms with Gasteiger partial charge in [-0.25, -0.2) is 0 Å². The van der Waals surface area contributed by atoms with Crippen molar-refractivity contribution >= 4 is 12.9 Å². The van der Waals surface area contributed by atoms with Crippen LogP contribution in [0.5, 0.6) is 0 Å². The van der Waals surface area contributed by atoms with E-state index >= 15 is 0 Å². The molecule has 0 spiro atoms. The quantitative estimate of drug-likeness (QED) is 0.439. The second-order valence-corrected chi connectivity index (χ2v) is 7.66. The Bertz CT molecular complexity index is 545. The predicted molar refractivity (Wildman–Crippen MR) is 106 cm³/mol. The first-order chi connectivity index (χ1) is 12.4. The lowest BCUT2D eigenvalue weighted by molar-refractivity contribution is -0.124. The number of hydrogen-bond donors (Lipinski definition) is 3. The summed E-state index contributed by atoms with van der Waals surface area (Å²) in [6.07, 6.45) is 5.76. The van der Waals surface area contributed by atoms with Gasteiger partial charge in [0.1, 0.15) is 5.78 Å². The zero-order valence-corrected chi connectivity index (χ0v) is 15.9. The van der Waals surface area contributed by atoms with E-state index in [-0.39, 0.29) is 17.2 Å². The van der Waals surface area contributed by atoms with Crippen molar-refractivity contribution in [2.75, 3.05) is 19.6 Å². The lowest BCUT2D eigenvalue weighted by atomic mass is 9.70. The summed E-state index contributed by atoms with van der Waals surface area (Å²) in [7, 11) is -1.20. The first kappa shape index (κ1) is 21.1. The Morgan fingerprint density at radius 2 is 1.85 bits per heavy atom. The molecule has 0 amide bonds. The van der Waals surface area contributed by atoms with Crippen LogP contribution in [0.1, 0.15) is 51.0 Å². The van der Waals surface area contributed by atoms with Crippen LogP contribution in [0.25, 0.3) is 0 Å². The van der Waals surface area contributed by atoms with E-state index in [1.165, 1.54) is 0 Å². The lowest BCUT2D eigenvalue weighted by Crippen LogP contribution is -2.47. The molecule has 1 fully saturated rings. The summed E-state index contributed by atoms with van der Waals surface area (Å²) in [5, 5.41) is 17.7. The molecular weight excluding hydrogens is 327 g/mol. The number of piperidine rings is 1. The Morgan fingerprint density at radius 1 is 1.19 bits per heavy atom. The number of benzene rings is 1. The normalized spacial score (nSPS) is 18.5. The minimum absolute atomic E-state index is 0.152. The first-order valence-electron chi connectivity index (χ1n) is 9.85. The first-order valence-corrected chi connectivity index (χ1v) is 9.85. The molecule has 1 aliphatic rings. The van der Waals surface area contributed by atoms with Gasteiger partial charge in [0, 0.05) is 6.04 Å². The van der Waals surface area contributed by atoms with Gasteiger partial charge in [0.05, 0.1) is 5.41 Å². The fourth-order valence-corrected chi connectivity index (χ4v) is 3.99. The Hall–Kier alpha value is -1.21. The molecule has 0 saturated carbocycles. The Kier molecular flexibility index (Phi) is 8.29. The van der Waals surface area contributed by atoms with E-state index in [4.69, 9.17) is 15.8 Å². The molecule has 26 heavy (non-hydrogen) atoms. The van der Waals surface area contributed by atoms with Crippen LogP contribution in [-0.4, -0.2) is 53.5 Å². The summed E-state index contributed by atoms with van der Waals surface area (Å²) < 4.78 is 0. The molecule has 1 unspecified atom stereocenters.